The van der Waals surface area contributed by atoms with Gasteiger partial charge in [0.2, 0.25) is 0 Å². The van der Waals surface area contributed by atoms with Crippen LogP contribution in [0.4, 0.5) is 11.4 Å². The van der Waals surface area contributed by atoms with Gasteiger partial charge in [0.1, 0.15) is 5.78 Å². The fraction of sp³-hybridized carbons (Fsp3) is 0.286. The second kappa shape index (κ2) is 12.7. The quantitative estimate of drug-likeness (QED) is 0.178. The molecule has 2 heterocycles. The molecule has 6 rings (SSSR count). The Morgan fingerprint density at radius 2 is 1.32 bits per heavy atom. The number of carbonyl (C=O) groups is 2. The van der Waals surface area contributed by atoms with E-state index < -0.39 is 5.97 Å². The zero-order valence-corrected chi connectivity index (χ0v) is 28.0. The number of aliphatic carboxylic acids is 1. The summed E-state index contributed by atoms with van der Waals surface area (Å²) in [6, 6.07) is 25.6. The van der Waals surface area contributed by atoms with Crippen molar-refractivity contribution in [1.82, 2.24) is 0 Å². The summed E-state index contributed by atoms with van der Waals surface area (Å²) in [7, 11) is 0. The van der Waals surface area contributed by atoms with Crippen molar-refractivity contribution >= 4 is 44.7 Å². The highest BCUT2D eigenvalue weighted by atomic mass is 16.4. The van der Waals surface area contributed by atoms with Crippen molar-refractivity contribution < 1.29 is 14.7 Å². The zero-order chi connectivity index (χ0) is 33.3. The van der Waals surface area contributed by atoms with Crippen molar-refractivity contribution in [2.45, 2.75) is 64.3 Å². The lowest BCUT2D eigenvalue weighted by atomic mass is 9.78. The van der Waals surface area contributed by atoms with Crippen molar-refractivity contribution in [2.24, 2.45) is 0 Å². The van der Waals surface area contributed by atoms with Gasteiger partial charge in [-0.2, -0.15) is 0 Å². The molecule has 1 atom stereocenters. The molecule has 0 amide bonds. The Bertz CT molecular complexity index is 1980. The third-order valence-corrected chi connectivity index (χ3v) is 9.94. The Hall–Kier alpha value is -4.90. The number of rotatable bonds is 10. The van der Waals surface area contributed by atoms with Gasteiger partial charge in [-0.05, 0) is 57.8 Å². The molecular formula is C42H44N2O3. The van der Waals surface area contributed by atoms with Crippen LogP contribution in [0.2, 0.25) is 0 Å². The number of carbonyl (C=O) groups excluding carboxylic acids is 1. The Kier molecular flexibility index (Phi) is 8.67. The van der Waals surface area contributed by atoms with Gasteiger partial charge in [-0.25, -0.2) is 0 Å². The van der Waals surface area contributed by atoms with Gasteiger partial charge >= 0.3 is 5.97 Å². The van der Waals surface area contributed by atoms with Crippen LogP contribution in [0.5, 0.6) is 0 Å². The maximum absolute atomic E-state index is 12.0. The predicted molar refractivity (Wildman–Crippen MR) is 195 cm³/mol. The monoisotopic (exact) mass is 624 g/mol. The number of benzene rings is 4. The van der Waals surface area contributed by atoms with Crippen LogP contribution in [0.15, 0.2) is 121 Å². The van der Waals surface area contributed by atoms with Crippen molar-refractivity contribution in [3.63, 3.8) is 0 Å². The van der Waals surface area contributed by atoms with E-state index in [9.17, 15) is 14.7 Å². The highest BCUT2D eigenvalue weighted by molar-refractivity contribution is 5.95. The van der Waals surface area contributed by atoms with Gasteiger partial charge in [0.05, 0.1) is 12.5 Å². The average molecular weight is 625 g/mol. The second-order valence-electron chi connectivity index (χ2n) is 13.8. The van der Waals surface area contributed by atoms with Crippen LogP contribution in [-0.4, -0.2) is 36.0 Å². The maximum Gasteiger partial charge on any atom is 0.305 e. The molecule has 47 heavy (non-hydrogen) atoms. The predicted octanol–water partition coefficient (Wildman–Crippen LogP) is 9.26. The van der Waals surface area contributed by atoms with Crippen LogP contribution in [0.25, 0.3) is 21.5 Å². The first-order valence-electron chi connectivity index (χ1n) is 16.5. The Morgan fingerprint density at radius 3 is 1.98 bits per heavy atom. The summed E-state index contributed by atoms with van der Waals surface area (Å²) in [4.78, 5) is 28.1. The molecular weight excluding hydrogens is 580 g/mol. The molecule has 2 aliphatic heterocycles. The van der Waals surface area contributed by atoms with Crippen molar-refractivity contribution in [2.75, 3.05) is 22.9 Å². The zero-order valence-electron chi connectivity index (χ0n) is 28.0. The van der Waals surface area contributed by atoms with E-state index in [4.69, 9.17) is 0 Å². The molecule has 0 bridgehead atoms. The smallest absolute Gasteiger partial charge is 0.305 e. The summed E-state index contributed by atoms with van der Waals surface area (Å²) >= 11 is 0. The van der Waals surface area contributed by atoms with Crippen LogP contribution in [-0.2, 0) is 20.4 Å². The number of hydrogen-bond donors (Lipinski definition) is 1. The van der Waals surface area contributed by atoms with Crippen molar-refractivity contribution in [3.05, 3.63) is 132 Å². The average Bonchev–Trinajstić information content (AvgIpc) is 3.40. The van der Waals surface area contributed by atoms with Gasteiger partial charge in [0, 0.05) is 47.4 Å². The molecule has 0 saturated heterocycles. The summed E-state index contributed by atoms with van der Waals surface area (Å²) in [5, 5.41) is 14.4. The first-order chi connectivity index (χ1) is 22.5. The molecule has 0 fully saturated rings. The van der Waals surface area contributed by atoms with E-state index >= 15 is 0 Å². The van der Waals surface area contributed by atoms with Crippen LogP contribution in [0.1, 0.15) is 58.6 Å². The lowest BCUT2D eigenvalue weighted by Gasteiger charge is -2.32. The van der Waals surface area contributed by atoms with Gasteiger partial charge in [0.25, 0.3) is 0 Å². The highest BCUT2D eigenvalue weighted by Gasteiger charge is 2.44. The number of ketones is 1. The highest BCUT2D eigenvalue weighted by Crippen LogP contribution is 2.51. The van der Waals surface area contributed by atoms with Crippen LogP contribution in [0, 0.1) is 0 Å². The van der Waals surface area contributed by atoms with Gasteiger partial charge in [0.15, 0.2) is 0 Å². The molecule has 4 aromatic rings. The van der Waals surface area contributed by atoms with E-state index in [0.717, 1.165) is 5.69 Å². The molecule has 1 unspecified atom stereocenters. The Labute approximate surface area is 278 Å². The standard InChI is InChI=1S/C42H44N2O3/c1-29(45)25-27-43-34-23-21-30-15-11-13-17-32(30)39(34)41(2,3)36(43)19-9-7-6-8-10-20-37-42(4,5)40-33-18-14-12-16-31(33)22-24-35(40)44(37)28-26-38(46)47/h6-24,37H,25-28H2,1-5H3,(H,46,47)/b8-6+,9-7+,20-10+,36-19+. The molecule has 240 valence electrons. The number of carboxylic acids is 1. The summed E-state index contributed by atoms with van der Waals surface area (Å²) in [6.07, 6.45) is 15.2. The normalized spacial score (nSPS) is 19.2. The Balaban J connectivity index is 1.25. The molecule has 0 aliphatic carbocycles. The molecule has 0 aromatic heterocycles. The number of Topliss-reactive ketones (excluding diaryl/α,β-unsaturated/α-hetero) is 1. The minimum Gasteiger partial charge on any atom is -0.481 e. The fourth-order valence-corrected chi connectivity index (χ4v) is 7.74. The second-order valence-corrected chi connectivity index (χ2v) is 13.8. The lowest BCUT2D eigenvalue weighted by molar-refractivity contribution is -0.136. The third kappa shape index (κ3) is 5.91. The van der Waals surface area contributed by atoms with E-state index in [1.165, 1.54) is 44.1 Å². The molecule has 2 aliphatic rings. The fourth-order valence-electron chi connectivity index (χ4n) is 7.74. The topological polar surface area (TPSA) is 60.9 Å². The molecule has 0 radical (unpaired) electrons. The molecule has 5 nitrogen and oxygen atoms in total. The largest absolute Gasteiger partial charge is 0.481 e. The number of fused-ring (bicyclic) bond motifs is 6. The van der Waals surface area contributed by atoms with E-state index in [1.807, 2.05) is 18.2 Å². The number of nitrogens with zero attached hydrogens (tertiary/aromatic N) is 2. The summed E-state index contributed by atoms with van der Waals surface area (Å²) in [6.45, 7) is 11.8. The SMILES string of the molecule is CC(=O)CCN1/C(=C/C=C/C=C/C=C/C2N(CCC(=O)O)c3ccc4ccccc4c3C2(C)C)C(C)(C)c2c1ccc1ccccc21. The van der Waals surface area contributed by atoms with E-state index in [1.54, 1.807) is 6.92 Å². The number of allylic oxidation sites excluding steroid dienone is 7. The van der Waals surface area contributed by atoms with Gasteiger partial charge in [-0.15, -0.1) is 0 Å². The van der Waals surface area contributed by atoms with E-state index in [-0.39, 0.29) is 29.1 Å². The van der Waals surface area contributed by atoms with Crippen LogP contribution >= 0.6 is 0 Å². The van der Waals surface area contributed by atoms with Gasteiger partial charge < -0.3 is 14.9 Å². The van der Waals surface area contributed by atoms with Crippen LogP contribution < -0.4 is 9.80 Å². The van der Waals surface area contributed by atoms with E-state index in [0.29, 0.717) is 19.5 Å². The van der Waals surface area contributed by atoms with Crippen molar-refractivity contribution in [3.8, 4) is 0 Å². The lowest BCUT2D eigenvalue weighted by Crippen LogP contribution is -2.41. The summed E-state index contributed by atoms with van der Waals surface area (Å²) in [5.41, 5.74) is 5.60. The summed E-state index contributed by atoms with van der Waals surface area (Å²) in [5.74, 6) is -0.606. The first-order valence-corrected chi connectivity index (χ1v) is 16.5. The number of hydrogen-bond acceptors (Lipinski definition) is 4. The molecule has 0 saturated carbocycles. The van der Waals surface area contributed by atoms with E-state index in [2.05, 4.69) is 135 Å². The number of carboxylic acid groups (broad SMARTS) is 1. The molecule has 4 aromatic carbocycles. The third-order valence-electron chi connectivity index (χ3n) is 9.94. The van der Waals surface area contributed by atoms with Gasteiger partial charge in [-0.1, -0.05) is 125 Å². The van der Waals surface area contributed by atoms with Crippen molar-refractivity contribution in [1.29, 1.82) is 0 Å². The minimum absolute atomic E-state index is 0.0147. The first kappa shape index (κ1) is 32.1. The Morgan fingerprint density at radius 1 is 0.723 bits per heavy atom. The van der Waals surface area contributed by atoms with Gasteiger partial charge in [-0.3, -0.25) is 9.59 Å². The summed E-state index contributed by atoms with van der Waals surface area (Å²) < 4.78 is 0. The molecule has 0 spiro atoms. The maximum atomic E-state index is 12.0. The molecule has 1 N–H and O–H groups in total. The number of anilines is 2. The van der Waals surface area contributed by atoms with Crippen LogP contribution in [0.3, 0.4) is 0 Å². The minimum atomic E-state index is -0.791. The molecule has 5 heteroatoms.